The van der Waals surface area contributed by atoms with Crippen LogP contribution in [-0.2, 0) is 11.3 Å². The zero-order chi connectivity index (χ0) is 13.1. The Bertz CT molecular complexity index is 508. The number of imidazole rings is 1. The molecule has 0 bridgehead atoms. The van der Waals surface area contributed by atoms with E-state index in [-0.39, 0.29) is 12.6 Å². The smallest absolute Gasteiger partial charge is 0.195 e. The number of hydrogen-bond acceptors (Lipinski definition) is 5. The Morgan fingerprint density at radius 1 is 1.61 bits per heavy atom. The third-order valence-electron chi connectivity index (χ3n) is 3.04. The minimum atomic E-state index is -0.0105. The summed E-state index contributed by atoms with van der Waals surface area (Å²) in [5, 5.41) is 11.5. The molecule has 2 aromatic rings. The van der Waals surface area contributed by atoms with Gasteiger partial charge in [0.25, 0.3) is 0 Å². The molecule has 0 fully saturated rings. The van der Waals surface area contributed by atoms with Gasteiger partial charge < -0.3 is 14.7 Å². The molecule has 0 aliphatic carbocycles. The number of anilines is 1. The van der Waals surface area contributed by atoms with Crippen molar-refractivity contribution in [2.45, 2.75) is 26.5 Å². The number of aliphatic hydroxyl groups excluding tert-OH is 1. The van der Waals surface area contributed by atoms with Gasteiger partial charge in [0.15, 0.2) is 10.8 Å². The van der Waals surface area contributed by atoms with Crippen LogP contribution in [-0.4, -0.2) is 40.8 Å². The summed E-state index contributed by atoms with van der Waals surface area (Å²) in [4.78, 5) is 7.69. The summed E-state index contributed by atoms with van der Waals surface area (Å²) >= 11 is 1.57. The van der Waals surface area contributed by atoms with Gasteiger partial charge in [-0.15, -0.1) is 11.3 Å². The summed E-state index contributed by atoms with van der Waals surface area (Å²) in [5.74, 6) is 0.858. The van der Waals surface area contributed by atoms with Gasteiger partial charge in [-0.2, -0.15) is 0 Å². The molecule has 2 rings (SSSR count). The van der Waals surface area contributed by atoms with Crippen molar-refractivity contribution in [3.05, 3.63) is 17.3 Å². The maximum Gasteiger partial charge on any atom is 0.195 e. The average Bonchev–Trinajstić information content (AvgIpc) is 2.90. The fraction of sp³-hybridized carbons (Fsp3) is 0.583. The zero-order valence-corrected chi connectivity index (χ0v) is 11.8. The van der Waals surface area contributed by atoms with Gasteiger partial charge in [-0.25, -0.2) is 4.98 Å². The molecule has 0 aliphatic rings. The fourth-order valence-electron chi connectivity index (χ4n) is 2.20. The Morgan fingerprint density at radius 2 is 2.39 bits per heavy atom. The van der Waals surface area contributed by atoms with E-state index in [1.54, 1.807) is 18.4 Å². The van der Waals surface area contributed by atoms with E-state index in [4.69, 9.17) is 4.74 Å². The van der Waals surface area contributed by atoms with Crippen LogP contribution in [0.25, 0.3) is 4.96 Å². The molecule has 0 saturated carbocycles. The van der Waals surface area contributed by atoms with E-state index in [1.165, 1.54) is 0 Å². The Morgan fingerprint density at radius 3 is 3.00 bits per heavy atom. The molecule has 0 amide bonds. The van der Waals surface area contributed by atoms with Crippen molar-refractivity contribution in [1.29, 1.82) is 0 Å². The first-order valence-electron chi connectivity index (χ1n) is 6.03. The van der Waals surface area contributed by atoms with Gasteiger partial charge in [-0.05, 0) is 13.8 Å². The quantitative estimate of drug-likeness (QED) is 0.868. The summed E-state index contributed by atoms with van der Waals surface area (Å²) in [5.41, 5.74) is 0.844. The molecular formula is C12H19N3O2S. The number of aliphatic hydroxyl groups is 1. The lowest BCUT2D eigenvalue weighted by atomic mass is 10.2. The third kappa shape index (κ3) is 2.23. The number of thiazole rings is 1. The van der Waals surface area contributed by atoms with E-state index in [0.29, 0.717) is 6.61 Å². The average molecular weight is 269 g/mol. The Balaban J connectivity index is 2.40. The van der Waals surface area contributed by atoms with Crippen LogP contribution >= 0.6 is 11.3 Å². The molecule has 0 aromatic carbocycles. The van der Waals surface area contributed by atoms with Crippen LogP contribution < -0.4 is 4.90 Å². The highest BCUT2D eigenvalue weighted by molar-refractivity contribution is 7.15. The van der Waals surface area contributed by atoms with E-state index < -0.39 is 0 Å². The van der Waals surface area contributed by atoms with Gasteiger partial charge in [0.2, 0.25) is 0 Å². The lowest BCUT2D eigenvalue weighted by Crippen LogP contribution is -2.37. The van der Waals surface area contributed by atoms with Gasteiger partial charge in [-0.1, -0.05) is 0 Å². The van der Waals surface area contributed by atoms with Gasteiger partial charge in [0.05, 0.1) is 24.9 Å². The molecule has 2 aromatic heterocycles. The van der Waals surface area contributed by atoms with E-state index in [1.807, 2.05) is 16.0 Å². The predicted molar refractivity (Wildman–Crippen MR) is 73.3 cm³/mol. The number of aromatic nitrogens is 2. The predicted octanol–water partition coefficient (Wildman–Crippen LogP) is 1.75. The van der Waals surface area contributed by atoms with Crippen molar-refractivity contribution in [1.82, 2.24) is 9.38 Å². The van der Waals surface area contributed by atoms with E-state index in [0.717, 1.165) is 23.0 Å². The molecular weight excluding hydrogens is 250 g/mol. The molecule has 1 atom stereocenters. The SMILES string of the molecule is CCN(c1nc2sccn2c1CO)C(C)COC. The number of rotatable bonds is 6. The van der Waals surface area contributed by atoms with E-state index in [9.17, 15) is 5.11 Å². The monoisotopic (exact) mass is 269 g/mol. The summed E-state index contributed by atoms with van der Waals surface area (Å²) in [7, 11) is 1.70. The van der Waals surface area contributed by atoms with E-state index in [2.05, 4.69) is 23.7 Å². The highest BCUT2D eigenvalue weighted by atomic mass is 32.1. The minimum absolute atomic E-state index is 0.0105. The molecule has 2 heterocycles. The number of likely N-dealkylation sites (N-methyl/N-ethyl adjacent to an activating group) is 1. The van der Waals surface area contributed by atoms with Crippen molar-refractivity contribution in [2.75, 3.05) is 25.2 Å². The van der Waals surface area contributed by atoms with Crippen LogP contribution in [0.2, 0.25) is 0 Å². The van der Waals surface area contributed by atoms with Crippen molar-refractivity contribution in [3.8, 4) is 0 Å². The van der Waals surface area contributed by atoms with E-state index >= 15 is 0 Å². The minimum Gasteiger partial charge on any atom is -0.390 e. The normalized spacial score (nSPS) is 13.1. The Hall–Kier alpha value is -1.11. The summed E-state index contributed by atoms with van der Waals surface area (Å²) in [6.07, 6.45) is 1.94. The van der Waals surface area contributed by atoms with Crippen LogP contribution in [0.15, 0.2) is 11.6 Å². The molecule has 1 unspecified atom stereocenters. The van der Waals surface area contributed by atoms with Crippen LogP contribution in [0.1, 0.15) is 19.5 Å². The Labute approximate surface area is 111 Å². The molecule has 0 aliphatic heterocycles. The highest BCUT2D eigenvalue weighted by Crippen LogP contribution is 2.26. The maximum atomic E-state index is 9.57. The number of fused-ring (bicyclic) bond motifs is 1. The Kier molecular flexibility index (Phi) is 4.21. The number of hydrogen-bond donors (Lipinski definition) is 1. The first-order valence-corrected chi connectivity index (χ1v) is 6.91. The first-order chi connectivity index (χ1) is 8.72. The van der Waals surface area contributed by atoms with Crippen LogP contribution in [0.4, 0.5) is 5.82 Å². The topological polar surface area (TPSA) is 50.0 Å². The zero-order valence-electron chi connectivity index (χ0n) is 11.0. The van der Waals surface area contributed by atoms with Crippen LogP contribution in [0.5, 0.6) is 0 Å². The molecule has 0 spiro atoms. The first kappa shape index (κ1) is 13.3. The lowest BCUT2D eigenvalue weighted by Gasteiger charge is -2.28. The standard InChI is InChI=1S/C12H19N3O2S/c1-4-14(9(2)8-17-3)11-10(7-16)15-5-6-18-12(15)13-11/h5-6,9,16H,4,7-8H2,1-3H3. The highest BCUT2D eigenvalue weighted by Gasteiger charge is 2.21. The van der Waals surface area contributed by atoms with Crippen molar-refractivity contribution < 1.29 is 9.84 Å². The van der Waals surface area contributed by atoms with Crippen LogP contribution in [0.3, 0.4) is 0 Å². The van der Waals surface area contributed by atoms with Gasteiger partial charge in [0, 0.05) is 25.2 Å². The van der Waals surface area contributed by atoms with Gasteiger partial charge in [0.1, 0.15) is 0 Å². The second kappa shape index (κ2) is 5.69. The van der Waals surface area contributed by atoms with Crippen LogP contribution in [0, 0.1) is 0 Å². The van der Waals surface area contributed by atoms with Gasteiger partial charge >= 0.3 is 0 Å². The van der Waals surface area contributed by atoms with Crippen molar-refractivity contribution >= 4 is 22.1 Å². The molecule has 18 heavy (non-hydrogen) atoms. The number of methoxy groups -OCH3 is 1. The maximum absolute atomic E-state index is 9.57. The summed E-state index contributed by atoms with van der Waals surface area (Å²) in [6, 6.07) is 0.231. The summed E-state index contributed by atoms with van der Waals surface area (Å²) in [6.45, 7) is 5.65. The van der Waals surface area contributed by atoms with Gasteiger partial charge in [-0.3, -0.25) is 4.40 Å². The number of ether oxygens (including phenoxy) is 1. The molecule has 1 N–H and O–H groups in total. The number of nitrogens with zero attached hydrogens (tertiary/aromatic N) is 3. The molecule has 0 radical (unpaired) electrons. The lowest BCUT2D eigenvalue weighted by molar-refractivity contribution is 0.181. The molecule has 0 saturated heterocycles. The van der Waals surface area contributed by atoms with Crippen molar-refractivity contribution in [3.63, 3.8) is 0 Å². The molecule has 6 heteroatoms. The second-order valence-corrected chi connectivity index (χ2v) is 5.06. The molecule has 100 valence electrons. The summed E-state index contributed by atoms with van der Waals surface area (Å²) < 4.78 is 7.15. The van der Waals surface area contributed by atoms with Crippen molar-refractivity contribution in [2.24, 2.45) is 0 Å². The molecule has 5 nitrogen and oxygen atoms in total. The third-order valence-corrected chi connectivity index (χ3v) is 3.80. The largest absolute Gasteiger partial charge is 0.390 e. The fourth-order valence-corrected chi connectivity index (χ4v) is 2.93. The second-order valence-electron chi connectivity index (χ2n) is 4.19.